The van der Waals surface area contributed by atoms with E-state index in [1.807, 2.05) is 25.1 Å². The van der Waals surface area contributed by atoms with Gasteiger partial charge in [-0.1, -0.05) is 31.2 Å². The number of fused-ring (bicyclic) bond motifs is 1. The van der Waals surface area contributed by atoms with Crippen molar-refractivity contribution in [3.8, 4) is 17.6 Å². The molecule has 0 aliphatic heterocycles. The lowest BCUT2D eigenvalue weighted by Gasteiger charge is -2.21. The van der Waals surface area contributed by atoms with Gasteiger partial charge in [-0.05, 0) is 73.4 Å². The third-order valence-corrected chi connectivity index (χ3v) is 6.23. The maximum absolute atomic E-state index is 12.8. The van der Waals surface area contributed by atoms with Crippen molar-refractivity contribution in [3.05, 3.63) is 70.4 Å². The molecule has 2 N–H and O–H groups in total. The molecule has 0 heterocycles. The van der Waals surface area contributed by atoms with Crippen LogP contribution >= 0.6 is 0 Å². The van der Waals surface area contributed by atoms with Gasteiger partial charge < -0.3 is 20.1 Å². The molecular weight excluding hydrogens is 414 g/mol. The Labute approximate surface area is 196 Å². The van der Waals surface area contributed by atoms with Gasteiger partial charge in [-0.25, -0.2) is 0 Å². The zero-order valence-corrected chi connectivity index (χ0v) is 19.9. The third-order valence-electron chi connectivity index (χ3n) is 6.23. The minimum absolute atomic E-state index is 0.0386. The molecule has 2 aromatic rings. The fourth-order valence-corrected chi connectivity index (χ4v) is 4.23. The molecule has 0 saturated heterocycles. The Morgan fingerprint density at radius 3 is 2.42 bits per heavy atom. The number of carbonyl (C=O) groups is 1. The Balaban J connectivity index is 1.69. The molecule has 1 aliphatic carbocycles. The molecule has 3 rings (SSSR count). The Bertz CT molecular complexity index is 1060. The first kappa shape index (κ1) is 24.2. The number of nitrogens with zero attached hydrogens (tertiary/aromatic N) is 1. The van der Waals surface area contributed by atoms with E-state index in [4.69, 9.17) is 9.47 Å². The van der Waals surface area contributed by atoms with Gasteiger partial charge >= 0.3 is 0 Å². The van der Waals surface area contributed by atoms with Gasteiger partial charge in [-0.15, -0.1) is 0 Å². The lowest BCUT2D eigenvalue weighted by atomic mass is 9.89. The van der Waals surface area contributed by atoms with Gasteiger partial charge in [-0.3, -0.25) is 4.79 Å². The monoisotopic (exact) mass is 447 g/mol. The molecule has 0 fully saturated rings. The zero-order valence-electron chi connectivity index (χ0n) is 19.9. The second kappa shape index (κ2) is 11.4. The Morgan fingerprint density at radius 1 is 1.06 bits per heavy atom. The van der Waals surface area contributed by atoms with Crippen LogP contribution in [0, 0.1) is 11.3 Å². The molecule has 6 heteroatoms. The highest BCUT2D eigenvalue weighted by molar-refractivity contribution is 5.97. The average molecular weight is 448 g/mol. The summed E-state index contributed by atoms with van der Waals surface area (Å²) in [6.45, 7) is 3.96. The van der Waals surface area contributed by atoms with Gasteiger partial charge in [0.1, 0.15) is 11.6 Å². The molecule has 1 amide bonds. The number of aryl methyl sites for hydroxylation is 2. The van der Waals surface area contributed by atoms with Gasteiger partial charge in [0, 0.05) is 6.20 Å². The summed E-state index contributed by atoms with van der Waals surface area (Å²) >= 11 is 0. The number of nitrogens with one attached hydrogen (secondary N) is 2. The van der Waals surface area contributed by atoms with Crippen LogP contribution in [0.2, 0.25) is 0 Å². The summed E-state index contributed by atoms with van der Waals surface area (Å²) in [5.41, 5.74) is 4.94. The van der Waals surface area contributed by atoms with Crippen LogP contribution in [0.1, 0.15) is 67.4 Å². The quantitative estimate of drug-likeness (QED) is 0.422. The number of nitriles is 1. The number of carbonyl (C=O) groups excluding carboxylic acids is 1. The molecule has 0 radical (unpaired) electrons. The third kappa shape index (κ3) is 5.87. The molecule has 0 bridgehead atoms. The Hall–Kier alpha value is -3.46. The highest BCUT2D eigenvalue weighted by atomic mass is 16.5. The Morgan fingerprint density at radius 2 is 1.76 bits per heavy atom. The topological polar surface area (TPSA) is 83.4 Å². The number of methoxy groups -OCH3 is 2. The maximum atomic E-state index is 12.8. The van der Waals surface area contributed by atoms with Crippen LogP contribution in [0.4, 0.5) is 0 Å². The van der Waals surface area contributed by atoms with Crippen LogP contribution < -0.4 is 20.1 Å². The molecule has 0 saturated carbocycles. The molecule has 2 aromatic carbocycles. The largest absolute Gasteiger partial charge is 0.493 e. The Kier molecular flexibility index (Phi) is 8.37. The summed E-state index contributed by atoms with van der Waals surface area (Å²) in [4.78, 5) is 12.8. The van der Waals surface area contributed by atoms with Crippen molar-refractivity contribution in [1.29, 1.82) is 5.26 Å². The highest BCUT2D eigenvalue weighted by Gasteiger charge is 2.17. The first-order valence-electron chi connectivity index (χ1n) is 11.5. The van der Waals surface area contributed by atoms with Crippen LogP contribution in [0.15, 0.2) is 48.2 Å². The summed E-state index contributed by atoms with van der Waals surface area (Å²) < 4.78 is 10.6. The number of ether oxygens (including phenoxy) is 2. The number of hydrogen-bond acceptors (Lipinski definition) is 5. The van der Waals surface area contributed by atoms with Crippen molar-refractivity contribution < 1.29 is 14.3 Å². The SMILES string of the molecule is CCC(N/C=C(/C#N)C(=O)NC(C)c1ccc(OC)c(OC)c1)c1ccc2c(c1)CCCC2. The first-order valence-corrected chi connectivity index (χ1v) is 11.5. The molecule has 1 aliphatic rings. The summed E-state index contributed by atoms with van der Waals surface area (Å²) in [5.74, 6) is 0.784. The minimum atomic E-state index is -0.424. The second-order valence-corrected chi connectivity index (χ2v) is 8.34. The van der Waals surface area contributed by atoms with Crippen molar-refractivity contribution in [2.75, 3.05) is 14.2 Å². The fourth-order valence-electron chi connectivity index (χ4n) is 4.23. The van der Waals surface area contributed by atoms with E-state index in [2.05, 4.69) is 35.8 Å². The predicted octanol–water partition coefficient (Wildman–Crippen LogP) is 4.91. The number of amides is 1. The maximum Gasteiger partial charge on any atom is 0.263 e. The normalized spacial score (nSPS) is 14.9. The molecule has 2 atom stereocenters. The highest BCUT2D eigenvalue weighted by Crippen LogP contribution is 2.30. The molecule has 33 heavy (non-hydrogen) atoms. The number of hydrogen-bond donors (Lipinski definition) is 2. The lowest BCUT2D eigenvalue weighted by molar-refractivity contribution is -0.117. The molecule has 174 valence electrons. The van der Waals surface area contributed by atoms with Crippen LogP contribution in [-0.4, -0.2) is 20.1 Å². The molecule has 0 aromatic heterocycles. The lowest BCUT2D eigenvalue weighted by Crippen LogP contribution is -2.29. The smallest absolute Gasteiger partial charge is 0.263 e. The fraction of sp³-hybridized carbons (Fsp3) is 0.407. The van der Waals surface area contributed by atoms with E-state index in [1.54, 1.807) is 20.3 Å². The van der Waals surface area contributed by atoms with Crippen LogP contribution in [0.3, 0.4) is 0 Å². The molecule has 6 nitrogen and oxygen atoms in total. The van der Waals surface area contributed by atoms with E-state index in [0.29, 0.717) is 11.5 Å². The van der Waals surface area contributed by atoms with E-state index >= 15 is 0 Å². The van der Waals surface area contributed by atoms with Gasteiger partial charge in [0.05, 0.1) is 26.3 Å². The summed E-state index contributed by atoms with van der Waals surface area (Å²) in [6, 6.07) is 13.9. The van der Waals surface area contributed by atoms with Crippen LogP contribution in [0.5, 0.6) is 11.5 Å². The summed E-state index contributed by atoms with van der Waals surface area (Å²) in [6.07, 6.45) is 7.14. The number of benzene rings is 2. The average Bonchev–Trinajstić information content (AvgIpc) is 2.85. The first-order chi connectivity index (χ1) is 16.0. The zero-order chi connectivity index (χ0) is 23.8. The summed E-state index contributed by atoms with van der Waals surface area (Å²) in [5, 5.41) is 15.8. The standard InChI is InChI=1S/C27H33N3O3/c1-5-24(22-11-10-19-8-6-7-9-21(19)14-22)29-17-23(16-28)27(31)30-18(2)20-12-13-25(32-3)26(15-20)33-4/h10-15,17-18,24,29H,5-9H2,1-4H3,(H,30,31)/b23-17-. The molecule has 0 spiro atoms. The van der Waals surface area contributed by atoms with E-state index in [0.717, 1.165) is 24.8 Å². The molecule has 2 unspecified atom stereocenters. The van der Waals surface area contributed by atoms with Crippen LogP contribution in [-0.2, 0) is 17.6 Å². The van der Waals surface area contributed by atoms with Gasteiger partial charge in [0.15, 0.2) is 11.5 Å². The van der Waals surface area contributed by atoms with E-state index in [-0.39, 0.29) is 17.7 Å². The van der Waals surface area contributed by atoms with Crippen molar-refractivity contribution >= 4 is 5.91 Å². The predicted molar refractivity (Wildman–Crippen MR) is 129 cm³/mol. The van der Waals surface area contributed by atoms with Crippen molar-refractivity contribution in [3.63, 3.8) is 0 Å². The van der Waals surface area contributed by atoms with E-state index < -0.39 is 5.91 Å². The number of rotatable bonds is 9. The van der Waals surface area contributed by atoms with Gasteiger partial charge in [-0.2, -0.15) is 5.26 Å². The molecular formula is C27H33N3O3. The van der Waals surface area contributed by atoms with E-state index in [1.165, 1.54) is 35.7 Å². The van der Waals surface area contributed by atoms with Crippen molar-refractivity contribution in [1.82, 2.24) is 10.6 Å². The van der Waals surface area contributed by atoms with Crippen LogP contribution in [0.25, 0.3) is 0 Å². The van der Waals surface area contributed by atoms with E-state index in [9.17, 15) is 10.1 Å². The summed E-state index contributed by atoms with van der Waals surface area (Å²) in [7, 11) is 3.15. The second-order valence-electron chi connectivity index (χ2n) is 8.34. The van der Waals surface area contributed by atoms with Crippen molar-refractivity contribution in [2.45, 2.75) is 58.0 Å². The van der Waals surface area contributed by atoms with Gasteiger partial charge in [0.2, 0.25) is 0 Å². The minimum Gasteiger partial charge on any atom is -0.493 e. The van der Waals surface area contributed by atoms with Gasteiger partial charge in [0.25, 0.3) is 5.91 Å². The van der Waals surface area contributed by atoms with Crippen molar-refractivity contribution in [2.24, 2.45) is 0 Å².